The van der Waals surface area contributed by atoms with E-state index in [2.05, 4.69) is 13.5 Å². The molecule has 2 heterocycles. The highest BCUT2D eigenvalue weighted by Gasteiger charge is 2.77. The summed E-state index contributed by atoms with van der Waals surface area (Å²) >= 11 is 0. The summed E-state index contributed by atoms with van der Waals surface area (Å²) in [6, 6.07) is 0. The molecule has 2 aliphatic carbocycles. The molecule has 3 aliphatic rings. The van der Waals surface area contributed by atoms with Gasteiger partial charge in [-0.3, -0.25) is 0 Å². The first kappa shape index (κ1) is 15.9. The van der Waals surface area contributed by atoms with Crippen LogP contribution in [0.3, 0.4) is 0 Å². The minimum absolute atomic E-state index is 0.0187. The molecule has 5 nitrogen and oxygen atoms in total. The van der Waals surface area contributed by atoms with Crippen molar-refractivity contribution in [2.45, 2.75) is 64.4 Å². The summed E-state index contributed by atoms with van der Waals surface area (Å²) in [6.45, 7) is 11.3. The van der Waals surface area contributed by atoms with Gasteiger partial charge in [-0.1, -0.05) is 20.4 Å². The van der Waals surface area contributed by atoms with Crippen molar-refractivity contribution in [1.29, 1.82) is 0 Å². The van der Waals surface area contributed by atoms with Gasteiger partial charge in [-0.15, -0.1) is 0 Å². The second kappa shape index (κ2) is 4.73. The summed E-state index contributed by atoms with van der Waals surface area (Å²) in [6.07, 6.45) is 2.01. The van der Waals surface area contributed by atoms with Gasteiger partial charge in [-0.05, 0) is 19.4 Å². The number of aryl methyl sites for hydroxylation is 1. The first-order chi connectivity index (χ1) is 11.2. The molecule has 4 rings (SSSR count). The van der Waals surface area contributed by atoms with Crippen LogP contribution in [0.2, 0.25) is 0 Å². The van der Waals surface area contributed by atoms with Crippen molar-refractivity contribution in [2.75, 3.05) is 0 Å². The molecular weight excluding hydrogens is 308 g/mol. The fraction of sp³-hybridized carbons (Fsp3) is 0.632. The molecule has 1 saturated heterocycles. The summed E-state index contributed by atoms with van der Waals surface area (Å²) in [5.74, 6) is 0.399. The van der Waals surface area contributed by atoms with Gasteiger partial charge < -0.3 is 19.0 Å². The van der Waals surface area contributed by atoms with Crippen molar-refractivity contribution in [1.82, 2.24) is 0 Å². The molecule has 24 heavy (non-hydrogen) atoms. The zero-order chi connectivity index (χ0) is 17.4. The van der Waals surface area contributed by atoms with Gasteiger partial charge in [0.15, 0.2) is 0 Å². The van der Waals surface area contributed by atoms with Gasteiger partial charge in [0.2, 0.25) is 0 Å². The molecule has 130 valence electrons. The first-order valence-corrected chi connectivity index (χ1v) is 8.51. The zero-order valence-electron chi connectivity index (χ0n) is 14.6. The third kappa shape index (κ3) is 1.74. The van der Waals surface area contributed by atoms with Crippen LogP contribution in [-0.2, 0) is 20.7 Å². The largest absolute Gasteiger partial charge is 0.469 e. The maximum absolute atomic E-state index is 12.0. The molecule has 0 aromatic carbocycles. The molecule has 0 amide bonds. The van der Waals surface area contributed by atoms with E-state index >= 15 is 0 Å². The molecule has 5 heteroatoms. The predicted octanol–water partition coefficient (Wildman–Crippen LogP) is 2.85. The standard InChI is InChI=1S/C19H24O5/c1-9(2)17(21)23-12-6-14-19(24-14)7-13-15(10(3)8-22-13)16(20)18(19,5)11(12)4/h8,11-12,14,16,20H,1,6-7H2,2-5H3. The van der Waals surface area contributed by atoms with Crippen LogP contribution in [-0.4, -0.2) is 28.9 Å². The summed E-state index contributed by atoms with van der Waals surface area (Å²) in [5.41, 5.74) is 1.26. The Kier molecular flexibility index (Phi) is 3.14. The maximum Gasteiger partial charge on any atom is 0.333 e. The van der Waals surface area contributed by atoms with Crippen molar-refractivity contribution in [3.63, 3.8) is 0 Å². The lowest BCUT2D eigenvalue weighted by Crippen LogP contribution is -2.58. The number of fused-ring (bicyclic) bond motifs is 1. The highest BCUT2D eigenvalue weighted by Crippen LogP contribution is 2.69. The Morgan fingerprint density at radius 2 is 2.21 bits per heavy atom. The van der Waals surface area contributed by atoms with Crippen LogP contribution in [0, 0.1) is 18.3 Å². The van der Waals surface area contributed by atoms with Crippen LogP contribution in [0.4, 0.5) is 0 Å². The molecule has 1 aliphatic heterocycles. The quantitative estimate of drug-likeness (QED) is 0.512. The Labute approximate surface area is 141 Å². The lowest BCUT2D eigenvalue weighted by atomic mass is 9.53. The summed E-state index contributed by atoms with van der Waals surface area (Å²) < 4.78 is 17.5. The Bertz CT molecular complexity index is 734. The number of rotatable bonds is 2. The topological polar surface area (TPSA) is 72.2 Å². The molecule has 1 aromatic rings. The minimum atomic E-state index is -0.702. The van der Waals surface area contributed by atoms with Gasteiger partial charge in [0.05, 0.1) is 18.5 Å². The number of aliphatic hydroxyl groups excluding tert-OH is 1. The molecule has 6 atom stereocenters. The van der Waals surface area contributed by atoms with Gasteiger partial charge in [0, 0.05) is 35.3 Å². The van der Waals surface area contributed by atoms with Gasteiger partial charge in [-0.2, -0.15) is 0 Å². The number of hydrogen-bond acceptors (Lipinski definition) is 5. The van der Waals surface area contributed by atoms with Crippen molar-refractivity contribution in [3.05, 3.63) is 35.3 Å². The Morgan fingerprint density at radius 3 is 2.88 bits per heavy atom. The van der Waals surface area contributed by atoms with E-state index in [1.54, 1.807) is 13.2 Å². The SMILES string of the molecule is C=C(C)C(=O)OC1CC2OC23Cc2occ(C)c2C(O)C3(C)C1C. The average molecular weight is 332 g/mol. The summed E-state index contributed by atoms with van der Waals surface area (Å²) in [4.78, 5) is 12.0. The number of furan rings is 1. The highest BCUT2D eigenvalue weighted by molar-refractivity contribution is 5.87. The fourth-order valence-electron chi connectivity index (χ4n) is 4.88. The average Bonchev–Trinajstić information content (AvgIpc) is 3.10. The maximum atomic E-state index is 12.0. The molecule has 2 fully saturated rings. The molecule has 1 saturated carbocycles. The predicted molar refractivity (Wildman–Crippen MR) is 86.3 cm³/mol. The second-order valence-electron chi connectivity index (χ2n) is 7.86. The smallest absolute Gasteiger partial charge is 0.333 e. The van der Waals surface area contributed by atoms with E-state index in [4.69, 9.17) is 13.9 Å². The minimum Gasteiger partial charge on any atom is -0.469 e. The van der Waals surface area contributed by atoms with E-state index in [9.17, 15) is 9.90 Å². The Hall–Kier alpha value is -1.59. The molecular formula is C19H24O5. The van der Waals surface area contributed by atoms with Gasteiger partial charge in [0.1, 0.15) is 17.5 Å². The molecule has 0 radical (unpaired) electrons. The number of carbonyl (C=O) groups is 1. The lowest BCUT2D eigenvalue weighted by Gasteiger charge is -2.51. The number of esters is 1. The van der Waals surface area contributed by atoms with Crippen molar-refractivity contribution < 1.29 is 23.8 Å². The van der Waals surface area contributed by atoms with Gasteiger partial charge >= 0.3 is 5.97 Å². The lowest BCUT2D eigenvalue weighted by molar-refractivity contribution is -0.162. The van der Waals surface area contributed by atoms with Crippen molar-refractivity contribution in [3.8, 4) is 0 Å². The zero-order valence-corrected chi connectivity index (χ0v) is 14.6. The van der Waals surface area contributed by atoms with E-state index in [0.29, 0.717) is 18.4 Å². The van der Waals surface area contributed by atoms with Gasteiger partial charge in [-0.25, -0.2) is 4.79 Å². The van der Waals surface area contributed by atoms with Crippen LogP contribution < -0.4 is 0 Å². The van der Waals surface area contributed by atoms with E-state index in [0.717, 1.165) is 16.9 Å². The molecule has 1 spiro atoms. The number of ether oxygens (including phenoxy) is 2. The Balaban J connectivity index is 1.73. The van der Waals surface area contributed by atoms with E-state index in [-0.39, 0.29) is 24.1 Å². The molecule has 1 N–H and O–H groups in total. The molecule has 6 unspecified atom stereocenters. The highest BCUT2D eigenvalue weighted by atomic mass is 16.6. The van der Waals surface area contributed by atoms with Crippen LogP contribution in [0.15, 0.2) is 22.8 Å². The van der Waals surface area contributed by atoms with Crippen molar-refractivity contribution >= 4 is 5.97 Å². The first-order valence-electron chi connectivity index (χ1n) is 8.51. The third-order valence-corrected chi connectivity index (χ3v) is 6.65. The fourth-order valence-corrected chi connectivity index (χ4v) is 4.88. The molecule has 1 aromatic heterocycles. The van der Waals surface area contributed by atoms with E-state index in [1.165, 1.54) is 0 Å². The second-order valence-corrected chi connectivity index (χ2v) is 7.86. The third-order valence-electron chi connectivity index (χ3n) is 6.65. The van der Waals surface area contributed by atoms with Crippen LogP contribution in [0.5, 0.6) is 0 Å². The molecule has 0 bridgehead atoms. The Morgan fingerprint density at radius 1 is 1.50 bits per heavy atom. The monoisotopic (exact) mass is 332 g/mol. The number of aliphatic hydroxyl groups is 1. The number of hydrogen-bond donors (Lipinski definition) is 1. The van der Waals surface area contributed by atoms with Crippen LogP contribution in [0.1, 0.15) is 50.2 Å². The van der Waals surface area contributed by atoms with E-state index < -0.39 is 17.1 Å². The number of carbonyl (C=O) groups excluding carboxylic acids is 1. The number of epoxide rings is 1. The van der Waals surface area contributed by atoms with Crippen LogP contribution >= 0.6 is 0 Å². The van der Waals surface area contributed by atoms with E-state index in [1.807, 2.05) is 13.8 Å². The summed E-state index contributed by atoms with van der Waals surface area (Å²) in [5, 5.41) is 11.2. The van der Waals surface area contributed by atoms with Gasteiger partial charge in [0.25, 0.3) is 0 Å². The van der Waals surface area contributed by atoms with Crippen LogP contribution in [0.25, 0.3) is 0 Å². The van der Waals surface area contributed by atoms with Crippen molar-refractivity contribution in [2.24, 2.45) is 11.3 Å². The normalized spacial score (nSPS) is 42.5. The summed E-state index contributed by atoms with van der Waals surface area (Å²) in [7, 11) is 0.